The van der Waals surface area contributed by atoms with E-state index < -0.39 is 0 Å². The number of nitriles is 1. The van der Waals surface area contributed by atoms with E-state index in [1.807, 2.05) is 42.6 Å². The van der Waals surface area contributed by atoms with Gasteiger partial charge in [-0.3, -0.25) is 0 Å². The molecule has 4 nitrogen and oxygen atoms in total. The second-order valence-electron chi connectivity index (χ2n) is 6.11. The lowest BCUT2D eigenvalue weighted by Gasteiger charge is -2.05. The van der Waals surface area contributed by atoms with Crippen LogP contribution in [0.1, 0.15) is 23.1 Å². The standard InChI is InChI=1S/C22H21N3OS/c1-4-26-20-9-6-17(7-10-20)21-14-27-22(25-21)18(12-23)13-24-19-8-5-15(2)16(3)11-19/h5-11,13-14,24H,4H2,1-3H3. The topological polar surface area (TPSA) is 57.9 Å². The molecule has 0 atom stereocenters. The van der Waals surface area contributed by atoms with Gasteiger partial charge in [0.25, 0.3) is 0 Å². The van der Waals surface area contributed by atoms with E-state index in [-0.39, 0.29) is 0 Å². The third kappa shape index (κ3) is 4.55. The van der Waals surface area contributed by atoms with E-state index in [4.69, 9.17) is 4.74 Å². The quantitative estimate of drug-likeness (QED) is 0.553. The number of allylic oxidation sites excluding steroid dienone is 1. The van der Waals surface area contributed by atoms with Crippen molar-refractivity contribution in [2.75, 3.05) is 11.9 Å². The highest BCUT2D eigenvalue weighted by Gasteiger charge is 2.09. The van der Waals surface area contributed by atoms with Crippen molar-refractivity contribution in [1.29, 1.82) is 5.26 Å². The molecule has 0 saturated carbocycles. The van der Waals surface area contributed by atoms with Gasteiger partial charge in [0.1, 0.15) is 22.4 Å². The summed E-state index contributed by atoms with van der Waals surface area (Å²) in [7, 11) is 0. The maximum Gasteiger partial charge on any atom is 0.136 e. The molecule has 0 aliphatic carbocycles. The average Bonchev–Trinajstić information content (AvgIpc) is 3.16. The fraction of sp³-hybridized carbons (Fsp3) is 0.182. The largest absolute Gasteiger partial charge is 0.494 e. The number of ether oxygens (including phenoxy) is 1. The first-order valence-corrected chi connectivity index (χ1v) is 9.62. The molecule has 5 heteroatoms. The minimum absolute atomic E-state index is 0.510. The van der Waals surface area contributed by atoms with Crippen molar-refractivity contribution in [2.45, 2.75) is 20.8 Å². The molecule has 0 fully saturated rings. The predicted molar refractivity (Wildman–Crippen MR) is 112 cm³/mol. The lowest BCUT2D eigenvalue weighted by atomic mass is 10.1. The molecule has 136 valence electrons. The Bertz CT molecular complexity index is 997. The summed E-state index contributed by atoms with van der Waals surface area (Å²) in [6.07, 6.45) is 1.71. The molecule has 0 amide bonds. The van der Waals surface area contributed by atoms with Crippen LogP contribution in [0.2, 0.25) is 0 Å². The number of benzene rings is 2. The molecule has 1 N–H and O–H groups in total. The first kappa shape index (κ1) is 18.7. The summed E-state index contributed by atoms with van der Waals surface area (Å²) in [5, 5.41) is 15.4. The number of hydrogen-bond acceptors (Lipinski definition) is 5. The number of nitrogens with zero attached hydrogens (tertiary/aromatic N) is 2. The van der Waals surface area contributed by atoms with Crippen molar-refractivity contribution >= 4 is 22.6 Å². The van der Waals surface area contributed by atoms with Gasteiger partial charge in [0.05, 0.1) is 12.3 Å². The molecule has 3 aromatic rings. The van der Waals surface area contributed by atoms with Crippen molar-refractivity contribution < 1.29 is 4.74 Å². The first-order valence-electron chi connectivity index (χ1n) is 8.74. The van der Waals surface area contributed by atoms with Crippen LogP contribution in [-0.4, -0.2) is 11.6 Å². The SMILES string of the molecule is CCOc1ccc(-c2csc(C(C#N)=CNc3ccc(C)c(C)c3)n2)cc1. The van der Waals surface area contributed by atoms with Gasteiger partial charge in [-0.2, -0.15) is 5.26 Å². The number of rotatable bonds is 6. The van der Waals surface area contributed by atoms with Gasteiger partial charge in [-0.1, -0.05) is 6.07 Å². The summed E-state index contributed by atoms with van der Waals surface area (Å²) >= 11 is 1.46. The average molecular weight is 375 g/mol. The highest BCUT2D eigenvalue weighted by molar-refractivity contribution is 7.11. The molecule has 1 aromatic heterocycles. The number of hydrogen-bond donors (Lipinski definition) is 1. The first-order chi connectivity index (χ1) is 13.1. The van der Waals surface area contributed by atoms with E-state index in [1.165, 1.54) is 22.5 Å². The lowest BCUT2D eigenvalue weighted by molar-refractivity contribution is 0.340. The summed E-state index contributed by atoms with van der Waals surface area (Å²) in [5.41, 5.74) is 5.76. The van der Waals surface area contributed by atoms with Gasteiger partial charge in [-0.05, 0) is 68.3 Å². The van der Waals surface area contributed by atoms with Crippen LogP contribution < -0.4 is 10.1 Å². The van der Waals surface area contributed by atoms with Crippen LogP contribution in [-0.2, 0) is 0 Å². The number of anilines is 1. The van der Waals surface area contributed by atoms with Crippen molar-refractivity contribution in [3.05, 3.63) is 70.2 Å². The molecule has 3 rings (SSSR count). The normalized spacial score (nSPS) is 11.1. The molecule has 27 heavy (non-hydrogen) atoms. The fourth-order valence-electron chi connectivity index (χ4n) is 2.55. The van der Waals surface area contributed by atoms with Crippen molar-refractivity contribution in [3.8, 4) is 23.1 Å². The van der Waals surface area contributed by atoms with Crippen LogP contribution >= 0.6 is 11.3 Å². The highest BCUT2D eigenvalue weighted by Crippen LogP contribution is 2.27. The highest BCUT2D eigenvalue weighted by atomic mass is 32.1. The predicted octanol–water partition coefficient (Wildman–Crippen LogP) is 5.80. The third-order valence-corrected chi connectivity index (χ3v) is 5.08. The molecule has 0 spiro atoms. The summed E-state index contributed by atoms with van der Waals surface area (Å²) in [6.45, 7) is 6.75. The van der Waals surface area contributed by atoms with Crippen molar-refractivity contribution in [1.82, 2.24) is 4.98 Å². The Labute approximate surface area is 163 Å². The molecule has 0 radical (unpaired) electrons. The number of nitrogens with one attached hydrogen (secondary N) is 1. The van der Waals surface area contributed by atoms with E-state index in [1.54, 1.807) is 6.20 Å². The Morgan fingerprint density at radius 3 is 2.63 bits per heavy atom. The van der Waals surface area contributed by atoms with E-state index in [2.05, 4.69) is 42.4 Å². The zero-order valence-electron chi connectivity index (χ0n) is 15.6. The van der Waals surface area contributed by atoms with Crippen molar-refractivity contribution in [3.63, 3.8) is 0 Å². The summed E-state index contributed by atoms with van der Waals surface area (Å²) in [5.74, 6) is 0.840. The molecule has 1 heterocycles. The second-order valence-corrected chi connectivity index (χ2v) is 6.97. The molecular weight excluding hydrogens is 354 g/mol. The van der Waals surface area contributed by atoms with Crippen LogP contribution in [0.3, 0.4) is 0 Å². The third-order valence-electron chi connectivity index (χ3n) is 4.21. The van der Waals surface area contributed by atoms with Crippen LogP contribution in [0.5, 0.6) is 5.75 Å². The number of thiazole rings is 1. The molecule has 0 aliphatic rings. The summed E-state index contributed by atoms with van der Waals surface area (Å²) in [6, 6.07) is 16.2. The zero-order chi connectivity index (χ0) is 19.2. The van der Waals surface area contributed by atoms with E-state index in [0.29, 0.717) is 17.2 Å². The Morgan fingerprint density at radius 2 is 1.96 bits per heavy atom. The van der Waals surface area contributed by atoms with Gasteiger partial charge in [0, 0.05) is 22.8 Å². The van der Waals surface area contributed by atoms with Crippen LogP contribution in [0.25, 0.3) is 16.8 Å². The van der Waals surface area contributed by atoms with Gasteiger partial charge in [-0.25, -0.2) is 4.98 Å². The Morgan fingerprint density at radius 1 is 1.19 bits per heavy atom. The lowest BCUT2D eigenvalue weighted by Crippen LogP contribution is -1.92. The smallest absolute Gasteiger partial charge is 0.136 e. The van der Waals surface area contributed by atoms with E-state index in [9.17, 15) is 5.26 Å². The number of aromatic nitrogens is 1. The van der Waals surface area contributed by atoms with Gasteiger partial charge in [0.2, 0.25) is 0 Å². The molecule has 0 aliphatic heterocycles. The van der Waals surface area contributed by atoms with Gasteiger partial charge < -0.3 is 10.1 Å². The van der Waals surface area contributed by atoms with E-state index >= 15 is 0 Å². The Balaban J connectivity index is 1.78. The van der Waals surface area contributed by atoms with Crippen LogP contribution in [0, 0.1) is 25.2 Å². The minimum atomic E-state index is 0.510. The number of aryl methyl sites for hydroxylation is 2. The van der Waals surface area contributed by atoms with Gasteiger partial charge >= 0.3 is 0 Å². The van der Waals surface area contributed by atoms with Gasteiger partial charge in [0.15, 0.2) is 0 Å². The molecule has 0 saturated heterocycles. The Kier molecular flexibility index (Phi) is 5.90. The monoisotopic (exact) mass is 375 g/mol. The summed E-state index contributed by atoms with van der Waals surface area (Å²) in [4.78, 5) is 4.62. The zero-order valence-corrected chi connectivity index (χ0v) is 16.4. The fourth-order valence-corrected chi connectivity index (χ4v) is 3.34. The summed E-state index contributed by atoms with van der Waals surface area (Å²) < 4.78 is 5.47. The maximum absolute atomic E-state index is 9.52. The van der Waals surface area contributed by atoms with Crippen molar-refractivity contribution in [2.24, 2.45) is 0 Å². The minimum Gasteiger partial charge on any atom is -0.494 e. The van der Waals surface area contributed by atoms with E-state index in [0.717, 1.165) is 22.7 Å². The van der Waals surface area contributed by atoms with Gasteiger partial charge in [-0.15, -0.1) is 11.3 Å². The molecule has 2 aromatic carbocycles. The molecular formula is C22H21N3OS. The maximum atomic E-state index is 9.52. The molecule has 0 unspecified atom stereocenters. The van der Waals surface area contributed by atoms with Crippen LogP contribution in [0.15, 0.2) is 54.0 Å². The molecule has 0 bridgehead atoms. The van der Waals surface area contributed by atoms with Crippen LogP contribution in [0.4, 0.5) is 5.69 Å². The Hall–Kier alpha value is -3.10. The second kappa shape index (κ2) is 8.52.